The van der Waals surface area contributed by atoms with E-state index in [1.54, 1.807) is 0 Å². The van der Waals surface area contributed by atoms with E-state index in [0.717, 1.165) is 18.8 Å². The second-order valence-electron chi connectivity index (χ2n) is 13.1. The van der Waals surface area contributed by atoms with Gasteiger partial charge in [-0.25, -0.2) is 0 Å². The lowest BCUT2D eigenvalue weighted by atomic mass is 9.45. The van der Waals surface area contributed by atoms with Crippen molar-refractivity contribution < 1.29 is 10.2 Å². The molecular formula is C29H48O2. The summed E-state index contributed by atoms with van der Waals surface area (Å²) in [6.45, 7) is 16.3. The lowest BCUT2D eigenvalue weighted by Crippen LogP contribution is -2.51. The van der Waals surface area contributed by atoms with Crippen LogP contribution in [0, 0.1) is 39.9 Å². The van der Waals surface area contributed by atoms with Crippen molar-refractivity contribution in [2.75, 3.05) is 0 Å². The van der Waals surface area contributed by atoms with Crippen molar-refractivity contribution in [1.82, 2.24) is 0 Å². The average molecular weight is 429 g/mol. The van der Waals surface area contributed by atoms with Crippen LogP contribution in [-0.2, 0) is 0 Å². The largest absolute Gasteiger partial charge is 0.393 e. The van der Waals surface area contributed by atoms with E-state index in [4.69, 9.17) is 0 Å². The predicted octanol–water partition coefficient (Wildman–Crippen LogP) is 7.06. The van der Waals surface area contributed by atoms with Gasteiger partial charge in [0.25, 0.3) is 0 Å². The van der Waals surface area contributed by atoms with Crippen LogP contribution in [0.1, 0.15) is 106 Å². The van der Waals surface area contributed by atoms with Crippen molar-refractivity contribution in [2.24, 2.45) is 39.9 Å². The molecule has 0 saturated heterocycles. The van der Waals surface area contributed by atoms with E-state index in [0.29, 0.717) is 34.0 Å². The molecule has 2 nitrogen and oxygen atoms in total. The summed E-state index contributed by atoms with van der Waals surface area (Å²) in [4.78, 5) is 0. The van der Waals surface area contributed by atoms with Gasteiger partial charge in [-0.15, -0.1) is 0 Å². The number of hydrogen-bond donors (Lipinski definition) is 2. The fourth-order valence-corrected chi connectivity index (χ4v) is 8.99. The van der Waals surface area contributed by atoms with E-state index in [-0.39, 0.29) is 6.10 Å². The van der Waals surface area contributed by atoms with Crippen LogP contribution in [0.5, 0.6) is 0 Å². The highest BCUT2D eigenvalue weighted by molar-refractivity contribution is 5.38. The zero-order valence-corrected chi connectivity index (χ0v) is 21.3. The number of allylic oxidation sites excluding steroid dienone is 3. The summed E-state index contributed by atoms with van der Waals surface area (Å²) in [5, 5.41) is 20.6. The van der Waals surface area contributed by atoms with Gasteiger partial charge < -0.3 is 10.2 Å². The molecule has 0 radical (unpaired) electrons. The van der Waals surface area contributed by atoms with Crippen LogP contribution in [-0.4, -0.2) is 21.9 Å². The molecule has 0 spiro atoms. The van der Waals surface area contributed by atoms with Gasteiger partial charge in [-0.2, -0.15) is 0 Å². The molecular weight excluding hydrogens is 380 g/mol. The van der Waals surface area contributed by atoms with Crippen LogP contribution in [0.25, 0.3) is 0 Å². The van der Waals surface area contributed by atoms with Crippen molar-refractivity contribution >= 4 is 0 Å². The molecule has 0 aromatic heterocycles. The molecule has 0 aromatic carbocycles. The van der Waals surface area contributed by atoms with E-state index < -0.39 is 5.60 Å². The van der Waals surface area contributed by atoms with Crippen LogP contribution < -0.4 is 0 Å². The maximum atomic E-state index is 10.5. The summed E-state index contributed by atoms with van der Waals surface area (Å²) in [7, 11) is 0. The van der Waals surface area contributed by atoms with E-state index >= 15 is 0 Å². The van der Waals surface area contributed by atoms with Crippen LogP contribution in [0.2, 0.25) is 0 Å². The van der Waals surface area contributed by atoms with Crippen molar-refractivity contribution in [2.45, 2.75) is 118 Å². The molecule has 2 fully saturated rings. The fourth-order valence-electron chi connectivity index (χ4n) is 8.99. The Morgan fingerprint density at radius 2 is 1.74 bits per heavy atom. The third kappa shape index (κ3) is 3.59. The molecule has 2 heteroatoms. The first-order chi connectivity index (χ1) is 14.3. The zero-order chi connectivity index (χ0) is 22.8. The van der Waals surface area contributed by atoms with Gasteiger partial charge in [0, 0.05) is 0 Å². The molecule has 2 N–H and O–H groups in total. The molecule has 0 bridgehead atoms. The molecule has 31 heavy (non-hydrogen) atoms. The SMILES string of the molecule is CC1C(O)CC[C@]2(C)C3=C(CCC12)[C@]1(C)CC[C@H]([C@H](C)CC=CC(C)(C)O)[C@@]1(C)CC3. The predicted molar refractivity (Wildman–Crippen MR) is 130 cm³/mol. The molecule has 3 unspecified atom stereocenters. The van der Waals surface area contributed by atoms with Crippen LogP contribution in [0.15, 0.2) is 23.3 Å². The third-order valence-corrected chi connectivity index (χ3v) is 11.1. The van der Waals surface area contributed by atoms with Gasteiger partial charge in [-0.05, 0) is 112 Å². The van der Waals surface area contributed by atoms with E-state index in [1.807, 2.05) is 31.1 Å². The van der Waals surface area contributed by atoms with Gasteiger partial charge in [0.05, 0.1) is 11.7 Å². The maximum absolute atomic E-state index is 10.5. The fraction of sp³-hybridized carbons (Fsp3) is 0.862. The Morgan fingerprint density at radius 3 is 2.42 bits per heavy atom. The Hall–Kier alpha value is -0.600. The molecule has 0 amide bonds. The molecule has 8 atom stereocenters. The van der Waals surface area contributed by atoms with E-state index in [2.05, 4.69) is 40.7 Å². The van der Waals surface area contributed by atoms with Crippen LogP contribution in [0.4, 0.5) is 0 Å². The van der Waals surface area contributed by atoms with E-state index in [9.17, 15) is 10.2 Å². The zero-order valence-electron chi connectivity index (χ0n) is 21.3. The van der Waals surface area contributed by atoms with Gasteiger partial charge in [0.15, 0.2) is 0 Å². The third-order valence-electron chi connectivity index (χ3n) is 11.1. The van der Waals surface area contributed by atoms with Crippen molar-refractivity contribution in [3.63, 3.8) is 0 Å². The molecule has 176 valence electrons. The summed E-state index contributed by atoms with van der Waals surface area (Å²) in [5.41, 5.74) is 3.99. The summed E-state index contributed by atoms with van der Waals surface area (Å²) >= 11 is 0. The Labute approximate surface area is 191 Å². The Bertz CT molecular complexity index is 757. The molecule has 2 saturated carbocycles. The minimum Gasteiger partial charge on any atom is -0.393 e. The average Bonchev–Trinajstić information content (AvgIpc) is 2.96. The quantitative estimate of drug-likeness (QED) is 0.471. The first-order valence-corrected chi connectivity index (χ1v) is 13.1. The topological polar surface area (TPSA) is 40.5 Å². The molecule has 4 aliphatic carbocycles. The highest BCUT2D eigenvalue weighted by Gasteiger charge is 2.62. The normalized spacial score (nSPS) is 46.6. The van der Waals surface area contributed by atoms with E-state index in [1.165, 1.54) is 44.9 Å². The molecule has 4 aliphatic rings. The number of fused-ring (bicyclic) bond motifs is 4. The van der Waals surface area contributed by atoms with Crippen LogP contribution in [0.3, 0.4) is 0 Å². The second kappa shape index (κ2) is 7.73. The van der Waals surface area contributed by atoms with Gasteiger partial charge in [-0.3, -0.25) is 0 Å². The first-order valence-electron chi connectivity index (χ1n) is 13.1. The van der Waals surface area contributed by atoms with Gasteiger partial charge in [-0.1, -0.05) is 57.9 Å². The highest BCUT2D eigenvalue weighted by Crippen LogP contribution is 2.71. The Morgan fingerprint density at radius 1 is 1.03 bits per heavy atom. The minimum absolute atomic E-state index is 0.0988. The Kier molecular flexibility index (Phi) is 5.87. The maximum Gasteiger partial charge on any atom is 0.0771 e. The van der Waals surface area contributed by atoms with Crippen molar-refractivity contribution in [1.29, 1.82) is 0 Å². The highest BCUT2D eigenvalue weighted by atomic mass is 16.3. The number of hydrogen-bond acceptors (Lipinski definition) is 2. The molecule has 0 heterocycles. The van der Waals surface area contributed by atoms with Gasteiger partial charge in [0.1, 0.15) is 0 Å². The smallest absolute Gasteiger partial charge is 0.0771 e. The lowest BCUT2D eigenvalue weighted by molar-refractivity contribution is -0.0410. The Balaban J connectivity index is 1.62. The van der Waals surface area contributed by atoms with Gasteiger partial charge >= 0.3 is 0 Å². The summed E-state index contributed by atoms with van der Waals surface area (Å²) in [6, 6.07) is 0. The van der Waals surface area contributed by atoms with Crippen molar-refractivity contribution in [3.05, 3.63) is 23.3 Å². The minimum atomic E-state index is -0.711. The molecule has 0 aromatic rings. The monoisotopic (exact) mass is 428 g/mol. The lowest BCUT2D eigenvalue weighted by Gasteiger charge is -2.60. The standard InChI is InChI=1S/C29H48O2/c1-19(9-8-15-26(3,4)31)21-12-17-29(7)24-11-10-22-20(2)25(30)14-16-27(22,5)23(24)13-18-28(21,29)6/h8,15,19-22,25,30-31H,9-14,16-18H2,1-7H3/t19-,20?,21-,22?,25?,27+,28-,29+/m1/s1. The van der Waals surface area contributed by atoms with Crippen LogP contribution >= 0.6 is 0 Å². The van der Waals surface area contributed by atoms with Crippen molar-refractivity contribution in [3.8, 4) is 0 Å². The van der Waals surface area contributed by atoms with Gasteiger partial charge in [0.2, 0.25) is 0 Å². The summed E-state index contributed by atoms with van der Waals surface area (Å²) in [5.74, 6) is 2.51. The summed E-state index contributed by atoms with van der Waals surface area (Å²) in [6.07, 6.45) is 15.1. The summed E-state index contributed by atoms with van der Waals surface area (Å²) < 4.78 is 0. The molecule has 0 aliphatic heterocycles. The number of rotatable bonds is 4. The second-order valence-corrected chi connectivity index (χ2v) is 13.1. The first kappa shape index (κ1) is 23.6. The molecule has 4 rings (SSSR count). The number of aliphatic hydroxyl groups is 2. The number of aliphatic hydroxyl groups excluding tert-OH is 1.